The van der Waals surface area contributed by atoms with Crippen LogP contribution in [-0.4, -0.2) is 40.7 Å². The van der Waals surface area contributed by atoms with Crippen molar-refractivity contribution in [2.45, 2.75) is 4.90 Å². The van der Waals surface area contributed by atoms with Crippen LogP contribution in [0.5, 0.6) is 11.5 Å². The normalized spacial score (nSPS) is 10.9. The van der Waals surface area contributed by atoms with Crippen molar-refractivity contribution < 1.29 is 24.2 Å². The first-order valence-corrected chi connectivity index (χ1v) is 13.1. The fourth-order valence-corrected chi connectivity index (χ4v) is 4.30. The van der Waals surface area contributed by atoms with E-state index in [9.17, 15) is 19.5 Å². The second-order valence-electron chi connectivity index (χ2n) is 8.34. The zero-order chi connectivity index (χ0) is 28.3. The van der Waals surface area contributed by atoms with Gasteiger partial charge in [-0.15, -0.1) is 11.8 Å². The molecule has 1 heterocycles. The Morgan fingerprint density at radius 2 is 1.73 bits per heavy atom. The topological polar surface area (TPSA) is 130 Å². The van der Waals surface area contributed by atoms with Crippen LogP contribution < -0.4 is 20.7 Å². The second-order valence-corrected chi connectivity index (χ2v) is 9.39. The van der Waals surface area contributed by atoms with E-state index in [0.29, 0.717) is 28.4 Å². The summed E-state index contributed by atoms with van der Waals surface area (Å²) in [7, 11) is 1.44. The van der Waals surface area contributed by atoms with E-state index in [1.807, 2.05) is 6.07 Å². The maximum Gasteiger partial charge on any atom is 0.272 e. The molecule has 0 aliphatic carbocycles. The Labute approximate surface area is 235 Å². The van der Waals surface area contributed by atoms with Gasteiger partial charge in [-0.3, -0.25) is 14.4 Å². The highest BCUT2D eigenvalue weighted by Gasteiger charge is 2.17. The van der Waals surface area contributed by atoms with Gasteiger partial charge in [-0.2, -0.15) is 0 Å². The van der Waals surface area contributed by atoms with Gasteiger partial charge in [0.05, 0.1) is 12.9 Å². The third-order valence-electron chi connectivity index (χ3n) is 5.44. The van der Waals surface area contributed by atoms with Crippen molar-refractivity contribution in [2.24, 2.45) is 0 Å². The molecule has 3 amide bonds. The molecule has 0 aliphatic rings. The number of rotatable bonds is 10. The minimum Gasteiger partial charge on any atom is -0.508 e. The third kappa shape index (κ3) is 7.95. The molecule has 0 radical (unpaired) electrons. The summed E-state index contributed by atoms with van der Waals surface area (Å²) in [6.45, 7) is 0. The van der Waals surface area contributed by atoms with Crippen molar-refractivity contribution in [1.29, 1.82) is 0 Å². The van der Waals surface area contributed by atoms with E-state index in [4.69, 9.17) is 4.74 Å². The number of benzene rings is 3. The molecule has 10 heteroatoms. The lowest BCUT2D eigenvalue weighted by Gasteiger charge is -2.13. The lowest BCUT2D eigenvalue weighted by molar-refractivity contribution is -0.114. The molecule has 0 saturated heterocycles. The Hall–Kier alpha value is -5.09. The standard InChI is InChI=1S/C30H26N4O5S/c1-39-26-18-23(35)14-13-21(26)16-25(33-29(37)20-8-3-2-4-9-20)30(38)32-22-10-7-11-24(17-22)40-19-28(36)34-27-12-5-6-15-31-27/h2-18,35H,19H2,1H3,(H,32,38)(H,33,37)(H,31,34,36)/b25-16+. The Kier molecular flexibility index (Phi) is 9.52. The number of anilines is 2. The maximum absolute atomic E-state index is 13.4. The molecule has 0 aliphatic heterocycles. The van der Waals surface area contributed by atoms with Gasteiger partial charge < -0.3 is 25.8 Å². The number of nitrogens with one attached hydrogen (secondary N) is 3. The number of amides is 3. The number of aromatic nitrogens is 1. The van der Waals surface area contributed by atoms with Crippen molar-refractivity contribution in [3.8, 4) is 11.5 Å². The van der Waals surface area contributed by atoms with E-state index in [0.717, 1.165) is 4.90 Å². The van der Waals surface area contributed by atoms with Crippen LogP contribution in [0, 0.1) is 0 Å². The highest BCUT2D eigenvalue weighted by atomic mass is 32.2. The molecule has 0 spiro atoms. The summed E-state index contributed by atoms with van der Waals surface area (Å²) in [6, 6.07) is 25.2. The molecule has 202 valence electrons. The molecule has 0 atom stereocenters. The number of ether oxygens (including phenoxy) is 1. The van der Waals surface area contributed by atoms with Crippen LogP contribution in [0.25, 0.3) is 6.08 Å². The van der Waals surface area contributed by atoms with E-state index in [1.165, 1.54) is 37.1 Å². The summed E-state index contributed by atoms with van der Waals surface area (Å²) in [5, 5.41) is 18.0. The van der Waals surface area contributed by atoms with Crippen molar-refractivity contribution >= 4 is 47.1 Å². The quantitative estimate of drug-likeness (QED) is 0.161. The first-order chi connectivity index (χ1) is 19.4. The number of hydrogen-bond acceptors (Lipinski definition) is 7. The van der Waals surface area contributed by atoms with E-state index in [-0.39, 0.29) is 23.1 Å². The molecule has 3 aromatic carbocycles. The Morgan fingerprint density at radius 3 is 2.48 bits per heavy atom. The molecule has 0 bridgehead atoms. The van der Waals surface area contributed by atoms with Gasteiger partial charge in [0.15, 0.2) is 0 Å². The first kappa shape index (κ1) is 27.9. The molecule has 1 aromatic heterocycles. The van der Waals surface area contributed by atoms with Gasteiger partial charge in [0.25, 0.3) is 11.8 Å². The fraction of sp³-hybridized carbons (Fsp3) is 0.0667. The Bertz CT molecular complexity index is 1530. The van der Waals surface area contributed by atoms with Crippen molar-refractivity contribution in [2.75, 3.05) is 23.5 Å². The maximum atomic E-state index is 13.4. The van der Waals surface area contributed by atoms with Crippen LogP contribution in [0.2, 0.25) is 0 Å². The average molecular weight is 555 g/mol. The van der Waals surface area contributed by atoms with Crippen LogP contribution in [0.1, 0.15) is 15.9 Å². The van der Waals surface area contributed by atoms with E-state index >= 15 is 0 Å². The van der Waals surface area contributed by atoms with E-state index in [2.05, 4.69) is 20.9 Å². The molecule has 40 heavy (non-hydrogen) atoms. The van der Waals surface area contributed by atoms with Gasteiger partial charge in [-0.05, 0) is 60.7 Å². The minimum atomic E-state index is -0.575. The van der Waals surface area contributed by atoms with Crippen LogP contribution in [0.15, 0.2) is 108 Å². The second kappa shape index (κ2) is 13.6. The zero-order valence-electron chi connectivity index (χ0n) is 21.5. The molecular weight excluding hydrogens is 528 g/mol. The number of thioether (sulfide) groups is 1. The lowest BCUT2D eigenvalue weighted by Crippen LogP contribution is -2.30. The Morgan fingerprint density at radius 1 is 0.925 bits per heavy atom. The zero-order valence-corrected chi connectivity index (χ0v) is 22.3. The van der Waals surface area contributed by atoms with E-state index < -0.39 is 11.8 Å². The molecule has 0 fully saturated rings. The predicted octanol–water partition coefficient (Wildman–Crippen LogP) is 4.94. The summed E-state index contributed by atoms with van der Waals surface area (Å²) < 4.78 is 5.33. The molecule has 4 N–H and O–H groups in total. The predicted molar refractivity (Wildman–Crippen MR) is 155 cm³/mol. The highest BCUT2D eigenvalue weighted by Crippen LogP contribution is 2.26. The van der Waals surface area contributed by atoms with Crippen LogP contribution >= 0.6 is 11.8 Å². The number of hydrogen-bond donors (Lipinski definition) is 4. The average Bonchev–Trinajstić information content (AvgIpc) is 2.97. The number of carbonyl (C=O) groups is 3. The van der Waals surface area contributed by atoms with Crippen molar-refractivity contribution in [3.05, 3.63) is 114 Å². The number of phenols is 1. The van der Waals surface area contributed by atoms with Gasteiger partial charge >= 0.3 is 0 Å². The molecule has 0 unspecified atom stereocenters. The molecule has 0 saturated carbocycles. The summed E-state index contributed by atoms with van der Waals surface area (Å²) >= 11 is 1.30. The molecule has 4 rings (SSSR count). The highest BCUT2D eigenvalue weighted by molar-refractivity contribution is 8.00. The van der Waals surface area contributed by atoms with E-state index in [1.54, 1.807) is 79.0 Å². The molecule has 9 nitrogen and oxygen atoms in total. The number of carbonyl (C=O) groups excluding carboxylic acids is 3. The van der Waals surface area contributed by atoms with Crippen LogP contribution in [0.3, 0.4) is 0 Å². The summed E-state index contributed by atoms with van der Waals surface area (Å²) in [4.78, 5) is 43.4. The van der Waals surface area contributed by atoms with Crippen molar-refractivity contribution in [3.63, 3.8) is 0 Å². The SMILES string of the molecule is COc1cc(O)ccc1/C=C(/NC(=O)c1ccccc1)C(=O)Nc1cccc(SCC(=O)Nc2ccccn2)c1. The monoisotopic (exact) mass is 554 g/mol. The largest absolute Gasteiger partial charge is 0.508 e. The minimum absolute atomic E-state index is 0.00338. The fourth-order valence-electron chi connectivity index (χ4n) is 3.54. The number of pyridine rings is 1. The molecule has 4 aromatic rings. The van der Waals surface area contributed by atoms with Crippen LogP contribution in [-0.2, 0) is 9.59 Å². The number of phenolic OH excluding ortho intramolecular Hbond substituents is 1. The van der Waals surface area contributed by atoms with Crippen LogP contribution in [0.4, 0.5) is 11.5 Å². The Balaban J connectivity index is 1.50. The molecular formula is C30H26N4O5S. The lowest BCUT2D eigenvalue weighted by atomic mass is 10.1. The number of nitrogens with zero attached hydrogens (tertiary/aromatic N) is 1. The van der Waals surface area contributed by atoms with Gasteiger partial charge in [-0.1, -0.05) is 30.3 Å². The van der Waals surface area contributed by atoms with Gasteiger partial charge in [0.1, 0.15) is 23.0 Å². The number of aromatic hydroxyl groups is 1. The summed E-state index contributed by atoms with van der Waals surface area (Å²) in [6.07, 6.45) is 3.06. The summed E-state index contributed by atoms with van der Waals surface area (Å²) in [5.74, 6) is -0.325. The van der Waals surface area contributed by atoms with Gasteiger partial charge in [-0.25, -0.2) is 4.98 Å². The smallest absolute Gasteiger partial charge is 0.272 e. The third-order valence-corrected chi connectivity index (χ3v) is 6.43. The summed E-state index contributed by atoms with van der Waals surface area (Å²) in [5.41, 5.74) is 1.28. The first-order valence-electron chi connectivity index (χ1n) is 12.1. The van der Waals surface area contributed by atoms with Gasteiger partial charge in [0.2, 0.25) is 5.91 Å². The van der Waals surface area contributed by atoms with Gasteiger partial charge in [0, 0.05) is 34.0 Å². The van der Waals surface area contributed by atoms with Crippen molar-refractivity contribution in [1.82, 2.24) is 10.3 Å². The number of methoxy groups -OCH3 is 1.